The van der Waals surface area contributed by atoms with E-state index in [1.54, 1.807) is 6.92 Å². The summed E-state index contributed by atoms with van der Waals surface area (Å²) in [5.74, 6) is -0.946. The van der Waals surface area contributed by atoms with Crippen molar-refractivity contribution in [2.24, 2.45) is 16.7 Å². The van der Waals surface area contributed by atoms with E-state index in [-0.39, 0.29) is 23.7 Å². The molecule has 0 aromatic heterocycles. The summed E-state index contributed by atoms with van der Waals surface area (Å²) in [5.41, 5.74) is -0.728. The van der Waals surface area contributed by atoms with Crippen molar-refractivity contribution < 1.29 is 14.7 Å². The maximum Gasteiger partial charge on any atom is 0.310 e. The average molecular weight is 283 g/mol. The predicted octanol–water partition coefficient (Wildman–Crippen LogP) is 3.16. The Morgan fingerprint density at radius 3 is 2.20 bits per heavy atom. The molecule has 0 bridgehead atoms. The second-order valence-corrected chi connectivity index (χ2v) is 6.83. The SMILES string of the molecule is CCC1(CC)CCN(C(=O)CC(C)(C(=O)O)C(C)C)C1. The fraction of sp³-hybridized carbons (Fsp3) is 0.875. The van der Waals surface area contributed by atoms with Gasteiger partial charge in [0.1, 0.15) is 0 Å². The molecule has 1 fully saturated rings. The third-order valence-corrected chi connectivity index (χ3v) is 5.57. The first-order valence-corrected chi connectivity index (χ1v) is 7.72. The van der Waals surface area contributed by atoms with E-state index in [0.717, 1.165) is 32.4 Å². The number of hydrogen-bond acceptors (Lipinski definition) is 2. The van der Waals surface area contributed by atoms with Gasteiger partial charge < -0.3 is 10.0 Å². The second kappa shape index (κ2) is 6.15. The third kappa shape index (κ3) is 3.15. The van der Waals surface area contributed by atoms with Crippen LogP contribution in [0.3, 0.4) is 0 Å². The number of rotatable bonds is 6. The molecule has 0 saturated carbocycles. The van der Waals surface area contributed by atoms with Gasteiger partial charge in [-0.2, -0.15) is 0 Å². The van der Waals surface area contributed by atoms with Crippen molar-refractivity contribution in [2.75, 3.05) is 13.1 Å². The fourth-order valence-corrected chi connectivity index (χ4v) is 2.93. The van der Waals surface area contributed by atoms with E-state index in [2.05, 4.69) is 13.8 Å². The first-order chi connectivity index (χ1) is 9.20. The van der Waals surface area contributed by atoms with Gasteiger partial charge in [-0.15, -0.1) is 0 Å². The monoisotopic (exact) mass is 283 g/mol. The first kappa shape index (κ1) is 17.0. The maximum atomic E-state index is 12.5. The summed E-state index contributed by atoms with van der Waals surface area (Å²) in [5, 5.41) is 9.42. The van der Waals surface area contributed by atoms with E-state index >= 15 is 0 Å². The van der Waals surface area contributed by atoms with Crippen molar-refractivity contribution in [3.05, 3.63) is 0 Å². The van der Waals surface area contributed by atoms with Crippen LogP contribution in [0.25, 0.3) is 0 Å². The molecule has 1 atom stereocenters. The summed E-state index contributed by atoms with van der Waals surface area (Å²) in [6.07, 6.45) is 3.29. The molecule has 0 radical (unpaired) electrons. The molecule has 1 saturated heterocycles. The van der Waals surface area contributed by atoms with Gasteiger partial charge in [0.2, 0.25) is 5.91 Å². The number of hydrogen-bond donors (Lipinski definition) is 1. The third-order valence-electron chi connectivity index (χ3n) is 5.57. The lowest BCUT2D eigenvalue weighted by atomic mass is 9.76. The van der Waals surface area contributed by atoms with E-state index in [1.807, 2.05) is 18.7 Å². The maximum absolute atomic E-state index is 12.5. The number of carbonyl (C=O) groups is 2. The molecule has 116 valence electrons. The summed E-state index contributed by atoms with van der Waals surface area (Å²) >= 11 is 0. The van der Waals surface area contributed by atoms with Crippen LogP contribution in [0.4, 0.5) is 0 Å². The summed E-state index contributed by atoms with van der Waals surface area (Å²) in [4.78, 5) is 25.8. The van der Waals surface area contributed by atoms with E-state index in [0.29, 0.717) is 0 Å². The Morgan fingerprint density at radius 2 is 1.85 bits per heavy atom. The van der Waals surface area contributed by atoms with Crippen LogP contribution >= 0.6 is 0 Å². The van der Waals surface area contributed by atoms with Crippen molar-refractivity contribution in [1.82, 2.24) is 4.90 Å². The Balaban J connectivity index is 2.76. The quantitative estimate of drug-likeness (QED) is 0.814. The molecule has 0 spiro atoms. The topological polar surface area (TPSA) is 57.6 Å². The molecule has 1 aliphatic rings. The molecule has 1 amide bonds. The zero-order valence-electron chi connectivity index (χ0n) is 13.5. The van der Waals surface area contributed by atoms with Gasteiger partial charge in [0.15, 0.2) is 0 Å². The summed E-state index contributed by atoms with van der Waals surface area (Å²) in [6, 6.07) is 0. The molecule has 4 heteroatoms. The molecule has 0 aromatic rings. The molecule has 20 heavy (non-hydrogen) atoms. The normalized spacial score (nSPS) is 21.0. The molecule has 4 nitrogen and oxygen atoms in total. The zero-order valence-corrected chi connectivity index (χ0v) is 13.5. The van der Waals surface area contributed by atoms with Gasteiger partial charge in [-0.1, -0.05) is 27.7 Å². The molecule has 1 N–H and O–H groups in total. The largest absolute Gasteiger partial charge is 0.481 e. The molecule has 1 aliphatic heterocycles. The molecule has 1 heterocycles. The summed E-state index contributed by atoms with van der Waals surface area (Å²) in [6.45, 7) is 11.3. The van der Waals surface area contributed by atoms with Crippen LogP contribution in [0, 0.1) is 16.7 Å². The lowest BCUT2D eigenvalue weighted by Crippen LogP contribution is -2.41. The lowest BCUT2D eigenvalue weighted by Gasteiger charge is -2.31. The first-order valence-electron chi connectivity index (χ1n) is 7.72. The van der Waals surface area contributed by atoms with Gasteiger partial charge in [-0.05, 0) is 37.5 Å². The van der Waals surface area contributed by atoms with Crippen LogP contribution in [-0.4, -0.2) is 35.0 Å². The number of aliphatic carboxylic acids is 1. The minimum absolute atomic E-state index is 0.00706. The van der Waals surface area contributed by atoms with Crippen LogP contribution in [0.15, 0.2) is 0 Å². The van der Waals surface area contributed by atoms with E-state index in [9.17, 15) is 14.7 Å². The van der Waals surface area contributed by atoms with Crippen LogP contribution in [0.5, 0.6) is 0 Å². The molecule has 1 rings (SSSR count). The molecule has 1 unspecified atom stereocenters. The highest BCUT2D eigenvalue weighted by atomic mass is 16.4. The Morgan fingerprint density at radius 1 is 1.30 bits per heavy atom. The van der Waals surface area contributed by atoms with Crippen LogP contribution in [-0.2, 0) is 9.59 Å². The lowest BCUT2D eigenvalue weighted by molar-refractivity contribution is -0.155. The van der Waals surface area contributed by atoms with Crippen molar-refractivity contribution in [3.63, 3.8) is 0 Å². The highest BCUT2D eigenvalue weighted by molar-refractivity contribution is 5.85. The van der Waals surface area contributed by atoms with Crippen molar-refractivity contribution in [2.45, 2.75) is 60.3 Å². The predicted molar refractivity (Wildman–Crippen MR) is 79.4 cm³/mol. The Kier molecular flexibility index (Phi) is 5.22. The zero-order chi connectivity index (χ0) is 15.6. The van der Waals surface area contributed by atoms with E-state index in [1.165, 1.54) is 0 Å². The summed E-state index contributed by atoms with van der Waals surface area (Å²) in [7, 11) is 0. The molecular weight excluding hydrogens is 254 g/mol. The highest BCUT2D eigenvalue weighted by Gasteiger charge is 2.43. The fourth-order valence-electron chi connectivity index (χ4n) is 2.93. The minimum Gasteiger partial charge on any atom is -0.481 e. The highest BCUT2D eigenvalue weighted by Crippen LogP contribution is 2.39. The van der Waals surface area contributed by atoms with Gasteiger partial charge in [-0.25, -0.2) is 0 Å². The van der Waals surface area contributed by atoms with E-state index in [4.69, 9.17) is 0 Å². The number of nitrogens with zero attached hydrogens (tertiary/aromatic N) is 1. The van der Waals surface area contributed by atoms with Gasteiger partial charge >= 0.3 is 5.97 Å². The average Bonchev–Trinajstić information content (AvgIpc) is 2.83. The van der Waals surface area contributed by atoms with Gasteiger partial charge in [0, 0.05) is 19.5 Å². The van der Waals surface area contributed by atoms with Crippen molar-refractivity contribution in [3.8, 4) is 0 Å². The van der Waals surface area contributed by atoms with Crippen LogP contribution in [0.2, 0.25) is 0 Å². The van der Waals surface area contributed by atoms with Gasteiger partial charge in [0.05, 0.1) is 5.41 Å². The second-order valence-electron chi connectivity index (χ2n) is 6.83. The number of likely N-dealkylation sites (tertiary alicyclic amines) is 1. The number of carbonyl (C=O) groups excluding carboxylic acids is 1. The van der Waals surface area contributed by atoms with Crippen molar-refractivity contribution in [1.29, 1.82) is 0 Å². The Hall–Kier alpha value is -1.06. The van der Waals surface area contributed by atoms with Crippen LogP contribution in [0.1, 0.15) is 60.3 Å². The van der Waals surface area contributed by atoms with E-state index < -0.39 is 11.4 Å². The number of amides is 1. The van der Waals surface area contributed by atoms with Crippen LogP contribution < -0.4 is 0 Å². The molecule has 0 aliphatic carbocycles. The number of carboxylic acids is 1. The Bertz CT molecular complexity index is 374. The molecular formula is C16H29NO3. The van der Waals surface area contributed by atoms with Crippen molar-refractivity contribution >= 4 is 11.9 Å². The minimum atomic E-state index is -0.971. The van der Waals surface area contributed by atoms with Gasteiger partial charge in [-0.3, -0.25) is 9.59 Å². The smallest absolute Gasteiger partial charge is 0.310 e. The standard InChI is InChI=1S/C16H29NO3/c1-6-16(7-2)8-9-17(11-16)13(18)10-15(5,12(3)4)14(19)20/h12H,6-11H2,1-5H3,(H,19,20). The number of carboxylic acid groups (broad SMARTS) is 1. The molecule has 0 aromatic carbocycles. The Labute approximate surface area is 122 Å². The summed E-state index contributed by atoms with van der Waals surface area (Å²) < 4.78 is 0. The van der Waals surface area contributed by atoms with Gasteiger partial charge in [0.25, 0.3) is 0 Å².